The predicted octanol–water partition coefficient (Wildman–Crippen LogP) is 2.40. The van der Waals surface area contributed by atoms with Gasteiger partial charge in [-0.15, -0.1) is 0 Å². The zero-order chi connectivity index (χ0) is 10.5. The summed E-state index contributed by atoms with van der Waals surface area (Å²) in [7, 11) is 0. The van der Waals surface area contributed by atoms with Gasteiger partial charge in [-0.1, -0.05) is 0 Å². The molecule has 5 heteroatoms. The third-order valence-electron chi connectivity index (χ3n) is 1.75. The molecule has 15 heavy (non-hydrogen) atoms. The van der Waals surface area contributed by atoms with Crippen molar-refractivity contribution in [2.24, 2.45) is 5.11 Å². The quantitative estimate of drug-likeness (QED) is 0.424. The highest BCUT2D eigenvalue weighted by Crippen LogP contribution is 2.14. The molecule has 0 aliphatic rings. The van der Waals surface area contributed by atoms with E-state index in [2.05, 4.69) is 15.1 Å². The van der Waals surface area contributed by atoms with Crippen molar-refractivity contribution in [3.63, 3.8) is 0 Å². The van der Waals surface area contributed by atoms with Crippen molar-refractivity contribution in [1.82, 2.24) is 9.97 Å². The van der Waals surface area contributed by atoms with Crippen LogP contribution in [0.5, 0.6) is 0 Å². The van der Waals surface area contributed by atoms with Crippen LogP contribution in [0.25, 0.3) is 0 Å². The smallest absolute Gasteiger partial charge is 0.247 e. The Bertz CT molecular complexity index is 455. The van der Waals surface area contributed by atoms with Gasteiger partial charge in [-0.2, -0.15) is 0 Å². The SMILES string of the molecule is [O-][N+](=Nc1ccncc1)c1ccncc1. The van der Waals surface area contributed by atoms with E-state index in [1.807, 2.05) is 0 Å². The molecule has 0 bridgehead atoms. The Hall–Kier alpha value is -2.30. The molecule has 0 saturated heterocycles. The van der Waals surface area contributed by atoms with E-state index >= 15 is 0 Å². The Labute approximate surface area is 86.3 Å². The monoisotopic (exact) mass is 200 g/mol. The molecule has 74 valence electrons. The molecule has 0 atom stereocenters. The van der Waals surface area contributed by atoms with Crippen molar-refractivity contribution in [2.45, 2.75) is 0 Å². The molecule has 2 aromatic rings. The predicted molar refractivity (Wildman–Crippen MR) is 53.8 cm³/mol. The van der Waals surface area contributed by atoms with Crippen LogP contribution in [-0.4, -0.2) is 14.8 Å². The lowest BCUT2D eigenvalue weighted by Crippen LogP contribution is -1.89. The molecule has 0 amide bonds. The van der Waals surface area contributed by atoms with Crippen LogP contribution in [0.15, 0.2) is 54.2 Å². The standard InChI is InChI=1S/C10H8N4O/c15-14(10-3-7-12-8-4-10)13-9-1-5-11-6-2-9/h1-8H. The highest BCUT2D eigenvalue weighted by molar-refractivity contribution is 5.32. The van der Waals surface area contributed by atoms with Gasteiger partial charge in [0.25, 0.3) is 0 Å². The van der Waals surface area contributed by atoms with Crippen LogP contribution in [0.2, 0.25) is 0 Å². The second-order valence-electron chi connectivity index (χ2n) is 2.78. The first kappa shape index (κ1) is 9.26. The maximum atomic E-state index is 11.5. The molecule has 0 fully saturated rings. The Balaban J connectivity index is 2.29. The van der Waals surface area contributed by atoms with E-state index in [0.29, 0.717) is 16.2 Å². The van der Waals surface area contributed by atoms with Gasteiger partial charge in [-0.05, 0) is 17.0 Å². The first-order chi connectivity index (χ1) is 7.36. The minimum atomic E-state index is 0.446. The van der Waals surface area contributed by atoms with Gasteiger partial charge >= 0.3 is 0 Å². The van der Waals surface area contributed by atoms with Gasteiger partial charge in [0.05, 0.1) is 0 Å². The Morgan fingerprint density at radius 1 is 0.933 bits per heavy atom. The second kappa shape index (κ2) is 4.28. The number of azo groups is 1. The lowest BCUT2D eigenvalue weighted by Gasteiger charge is -1.97. The van der Waals surface area contributed by atoms with Gasteiger partial charge in [0.2, 0.25) is 5.69 Å². The second-order valence-corrected chi connectivity index (χ2v) is 2.78. The highest BCUT2D eigenvalue weighted by atomic mass is 16.5. The minimum absolute atomic E-state index is 0.446. The van der Waals surface area contributed by atoms with Crippen LogP contribution in [0.3, 0.4) is 0 Å². The summed E-state index contributed by atoms with van der Waals surface area (Å²) in [5.74, 6) is 0. The summed E-state index contributed by atoms with van der Waals surface area (Å²) in [4.78, 5) is 8.21. The van der Waals surface area contributed by atoms with E-state index in [1.165, 1.54) is 0 Å². The first-order valence-corrected chi connectivity index (χ1v) is 4.35. The fourth-order valence-corrected chi connectivity index (χ4v) is 1.04. The molecule has 5 nitrogen and oxygen atoms in total. The van der Waals surface area contributed by atoms with E-state index < -0.39 is 0 Å². The summed E-state index contributed by atoms with van der Waals surface area (Å²) in [6.45, 7) is 0. The average Bonchev–Trinajstić information content (AvgIpc) is 2.31. The molecule has 0 radical (unpaired) electrons. The molecule has 0 aliphatic heterocycles. The van der Waals surface area contributed by atoms with Gasteiger partial charge in [-0.3, -0.25) is 9.97 Å². The van der Waals surface area contributed by atoms with Crippen LogP contribution in [0.1, 0.15) is 0 Å². The molecule has 0 saturated carbocycles. The fourth-order valence-electron chi connectivity index (χ4n) is 1.04. The largest absolute Gasteiger partial charge is 0.594 e. The van der Waals surface area contributed by atoms with Crippen LogP contribution in [-0.2, 0) is 0 Å². The molecule has 2 aromatic heterocycles. The molecule has 2 heterocycles. The normalized spacial score (nSPS) is 11.3. The van der Waals surface area contributed by atoms with Crippen molar-refractivity contribution in [3.8, 4) is 0 Å². The molecular formula is C10H8N4O. The summed E-state index contributed by atoms with van der Waals surface area (Å²) in [5.41, 5.74) is 1.01. The zero-order valence-electron chi connectivity index (χ0n) is 7.82. The maximum Gasteiger partial charge on any atom is 0.247 e. The molecule has 0 unspecified atom stereocenters. The van der Waals surface area contributed by atoms with Crippen molar-refractivity contribution in [2.75, 3.05) is 0 Å². The molecular weight excluding hydrogens is 192 g/mol. The molecule has 0 aliphatic carbocycles. The summed E-state index contributed by atoms with van der Waals surface area (Å²) < 4.78 is 0. The number of hydrogen-bond acceptors (Lipinski definition) is 4. The van der Waals surface area contributed by atoms with Crippen LogP contribution >= 0.6 is 0 Å². The fraction of sp³-hybridized carbons (Fsp3) is 0. The summed E-state index contributed by atoms with van der Waals surface area (Å²) >= 11 is 0. The van der Waals surface area contributed by atoms with Crippen LogP contribution < -0.4 is 0 Å². The molecule has 0 aromatic carbocycles. The molecule has 0 N–H and O–H groups in total. The van der Waals surface area contributed by atoms with E-state index in [1.54, 1.807) is 49.1 Å². The summed E-state index contributed by atoms with van der Waals surface area (Å²) in [6, 6.07) is 6.51. The summed E-state index contributed by atoms with van der Waals surface area (Å²) in [6.07, 6.45) is 6.25. The molecule has 2 rings (SSSR count). The van der Waals surface area contributed by atoms with Gasteiger partial charge in [-0.25, -0.2) is 0 Å². The number of aromatic nitrogens is 2. The van der Waals surface area contributed by atoms with Crippen molar-refractivity contribution >= 4 is 11.4 Å². The number of hydrogen-bond donors (Lipinski definition) is 0. The average molecular weight is 200 g/mol. The lowest BCUT2D eigenvalue weighted by molar-refractivity contribution is -0.435. The van der Waals surface area contributed by atoms with Gasteiger partial charge < -0.3 is 5.21 Å². The summed E-state index contributed by atoms with van der Waals surface area (Å²) in [5, 5.41) is 15.4. The maximum absolute atomic E-state index is 11.5. The van der Waals surface area contributed by atoms with E-state index in [9.17, 15) is 5.21 Å². The number of nitrogens with zero attached hydrogens (tertiary/aromatic N) is 4. The number of rotatable bonds is 2. The number of pyridine rings is 2. The van der Waals surface area contributed by atoms with Gasteiger partial charge in [0, 0.05) is 42.0 Å². The first-order valence-electron chi connectivity index (χ1n) is 4.35. The lowest BCUT2D eigenvalue weighted by atomic mass is 10.4. The van der Waals surface area contributed by atoms with Crippen LogP contribution in [0.4, 0.5) is 11.4 Å². The third-order valence-corrected chi connectivity index (χ3v) is 1.75. The highest BCUT2D eigenvalue weighted by Gasteiger charge is 2.01. The topological polar surface area (TPSA) is 64.2 Å². The van der Waals surface area contributed by atoms with Crippen LogP contribution in [0, 0.1) is 5.21 Å². The Kier molecular flexibility index (Phi) is 2.64. The van der Waals surface area contributed by atoms with Crippen molar-refractivity contribution in [3.05, 3.63) is 54.3 Å². The Morgan fingerprint density at radius 2 is 1.47 bits per heavy atom. The minimum Gasteiger partial charge on any atom is -0.594 e. The third kappa shape index (κ3) is 2.34. The zero-order valence-corrected chi connectivity index (χ0v) is 7.82. The van der Waals surface area contributed by atoms with Gasteiger partial charge in [0.1, 0.15) is 5.69 Å². The van der Waals surface area contributed by atoms with Crippen molar-refractivity contribution in [1.29, 1.82) is 0 Å². The van der Waals surface area contributed by atoms with E-state index in [-0.39, 0.29) is 0 Å². The van der Waals surface area contributed by atoms with E-state index in [0.717, 1.165) is 0 Å². The van der Waals surface area contributed by atoms with Crippen molar-refractivity contribution < 1.29 is 4.86 Å². The Morgan fingerprint density at radius 3 is 2.07 bits per heavy atom. The molecule has 0 spiro atoms. The van der Waals surface area contributed by atoms with E-state index in [4.69, 9.17) is 0 Å². The van der Waals surface area contributed by atoms with Gasteiger partial charge in [0.15, 0.2) is 0 Å².